The molecule has 0 fully saturated rings. The number of halogens is 2. The number of hydrogen-bond acceptors (Lipinski definition) is 3. The SMILES string of the molecule is CC(C)NC(=O)CN(C)S(=O)(=O)c1ccc(Br)cc1F. The first-order valence-corrected chi connectivity index (χ1v) is 8.08. The zero-order chi connectivity index (χ0) is 15.5. The third-order valence-electron chi connectivity index (χ3n) is 2.40. The van der Waals surface area contributed by atoms with Gasteiger partial charge in [0.15, 0.2) is 0 Å². The summed E-state index contributed by atoms with van der Waals surface area (Å²) >= 11 is 3.05. The smallest absolute Gasteiger partial charge is 0.246 e. The van der Waals surface area contributed by atoms with Gasteiger partial charge >= 0.3 is 0 Å². The minimum absolute atomic E-state index is 0.0944. The maximum Gasteiger partial charge on any atom is 0.246 e. The summed E-state index contributed by atoms with van der Waals surface area (Å²) in [5.74, 6) is -1.31. The highest BCUT2D eigenvalue weighted by molar-refractivity contribution is 9.10. The fourth-order valence-electron chi connectivity index (χ4n) is 1.51. The molecule has 20 heavy (non-hydrogen) atoms. The molecule has 8 heteroatoms. The van der Waals surface area contributed by atoms with Gasteiger partial charge < -0.3 is 5.32 Å². The number of sulfonamides is 1. The molecule has 0 aliphatic heterocycles. The Bertz CT molecular complexity index is 605. The number of nitrogens with one attached hydrogen (secondary N) is 1. The number of likely N-dealkylation sites (N-methyl/N-ethyl adjacent to an activating group) is 1. The van der Waals surface area contributed by atoms with Gasteiger partial charge in [-0.15, -0.1) is 0 Å². The first-order valence-electron chi connectivity index (χ1n) is 5.85. The Labute approximate surface area is 126 Å². The summed E-state index contributed by atoms with van der Waals surface area (Å²) in [6.45, 7) is 3.16. The minimum Gasteiger partial charge on any atom is -0.353 e. The van der Waals surface area contributed by atoms with Crippen molar-refractivity contribution in [2.45, 2.75) is 24.8 Å². The van der Waals surface area contributed by atoms with Crippen LogP contribution in [-0.2, 0) is 14.8 Å². The zero-order valence-corrected chi connectivity index (χ0v) is 13.8. The van der Waals surface area contributed by atoms with Crippen molar-refractivity contribution in [2.75, 3.05) is 13.6 Å². The quantitative estimate of drug-likeness (QED) is 0.862. The molecule has 0 radical (unpaired) electrons. The predicted octanol–water partition coefficient (Wildman–Crippen LogP) is 1.73. The highest BCUT2D eigenvalue weighted by Gasteiger charge is 2.26. The summed E-state index contributed by atoms with van der Waals surface area (Å²) in [6.07, 6.45) is 0. The van der Waals surface area contributed by atoms with E-state index in [1.54, 1.807) is 13.8 Å². The molecule has 1 aromatic carbocycles. The lowest BCUT2D eigenvalue weighted by Crippen LogP contribution is -2.41. The van der Waals surface area contributed by atoms with Crippen molar-refractivity contribution in [3.63, 3.8) is 0 Å². The molecule has 0 aliphatic rings. The van der Waals surface area contributed by atoms with Crippen molar-refractivity contribution >= 4 is 31.9 Å². The molecule has 0 aliphatic carbocycles. The van der Waals surface area contributed by atoms with Crippen molar-refractivity contribution in [3.8, 4) is 0 Å². The Hall–Kier alpha value is -0.990. The highest BCUT2D eigenvalue weighted by atomic mass is 79.9. The minimum atomic E-state index is -4.04. The van der Waals surface area contributed by atoms with Crippen LogP contribution in [0.4, 0.5) is 4.39 Å². The lowest BCUT2D eigenvalue weighted by Gasteiger charge is -2.18. The fourth-order valence-corrected chi connectivity index (χ4v) is 3.01. The Kier molecular flexibility index (Phi) is 5.67. The first-order chi connectivity index (χ1) is 9.14. The maximum atomic E-state index is 13.7. The van der Waals surface area contributed by atoms with Gasteiger partial charge in [-0.2, -0.15) is 4.31 Å². The molecule has 0 saturated carbocycles. The van der Waals surface area contributed by atoms with E-state index in [1.807, 2.05) is 0 Å². The Morgan fingerprint density at radius 3 is 2.55 bits per heavy atom. The van der Waals surface area contributed by atoms with Crippen LogP contribution in [0.15, 0.2) is 27.6 Å². The van der Waals surface area contributed by atoms with Gasteiger partial charge in [-0.3, -0.25) is 4.79 Å². The van der Waals surface area contributed by atoms with Gasteiger partial charge in [0, 0.05) is 17.6 Å². The summed E-state index contributed by atoms with van der Waals surface area (Å²) in [5.41, 5.74) is 0. The number of nitrogens with zero attached hydrogens (tertiary/aromatic N) is 1. The molecule has 1 amide bonds. The lowest BCUT2D eigenvalue weighted by molar-refractivity contribution is -0.121. The largest absolute Gasteiger partial charge is 0.353 e. The van der Waals surface area contributed by atoms with Crippen molar-refractivity contribution in [2.24, 2.45) is 0 Å². The van der Waals surface area contributed by atoms with E-state index in [1.165, 1.54) is 13.1 Å². The maximum absolute atomic E-state index is 13.7. The average molecular weight is 367 g/mol. The molecular weight excluding hydrogens is 351 g/mol. The van der Waals surface area contributed by atoms with E-state index in [2.05, 4.69) is 21.2 Å². The molecule has 0 spiro atoms. The van der Waals surface area contributed by atoms with E-state index in [9.17, 15) is 17.6 Å². The summed E-state index contributed by atoms with van der Waals surface area (Å²) in [5, 5.41) is 2.57. The summed E-state index contributed by atoms with van der Waals surface area (Å²) in [4.78, 5) is 11.1. The van der Waals surface area contributed by atoms with Crippen LogP contribution in [0, 0.1) is 5.82 Å². The van der Waals surface area contributed by atoms with Gasteiger partial charge in [0.1, 0.15) is 10.7 Å². The van der Waals surface area contributed by atoms with E-state index < -0.39 is 26.6 Å². The molecule has 1 aromatic rings. The van der Waals surface area contributed by atoms with Crippen LogP contribution in [0.3, 0.4) is 0 Å². The number of hydrogen-bond donors (Lipinski definition) is 1. The molecule has 0 aromatic heterocycles. The number of rotatable bonds is 5. The average Bonchev–Trinajstić information content (AvgIpc) is 2.26. The highest BCUT2D eigenvalue weighted by Crippen LogP contribution is 2.21. The standard InChI is InChI=1S/C12H16BrFN2O3S/c1-8(2)15-12(17)7-16(3)20(18,19)11-5-4-9(13)6-10(11)14/h4-6,8H,7H2,1-3H3,(H,15,17). The predicted molar refractivity (Wildman–Crippen MR) is 77.2 cm³/mol. The number of carbonyl (C=O) groups is 1. The number of carbonyl (C=O) groups excluding carboxylic acids is 1. The second kappa shape index (κ2) is 6.64. The second-order valence-corrected chi connectivity index (χ2v) is 7.49. The van der Waals surface area contributed by atoms with Gasteiger partial charge in [-0.05, 0) is 32.0 Å². The topological polar surface area (TPSA) is 66.5 Å². The molecule has 0 heterocycles. The first kappa shape index (κ1) is 17.1. The van der Waals surface area contributed by atoms with E-state index in [-0.39, 0.29) is 12.6 Å². The fraction of sp³-hybridized carbons (Fsp3) is 0.417. The van der Waals surface area contributed by atoms with Crippen molar-refractivity contribution < 1.29 is 17.6 Å². The summed E-state index contributed by atoms with van der Waals surface area (Å²) < 4.78 is 39.3. The molecule has 5 nitrogen and oxygen atoms in total. The Balaban J connectivity index is 2.95. The monoisotopic (exact) mass is 366 g/mol. The molecule has 0 atom stereocenters. The van der Waals surface area contributed by atoms with Gasteiger partial charge in [0.2, 0.25) is 15.9 Å². The van der Waals surface area contributed by atoms with Crippen LogP contribution < -0.4 is 5.32 Å². The van der Waals surface area contributed by atoms with Gasteiger partial charge in [-0.25, -0.2) is 12.8 Å². The van der Waals surface area contributed by atoms with E-state index in [0.717, 1.165) is 16.4 Å². The van der Waals surface area contributed by atoms with Crippen molar-refractivity contribution in [3.05, 3.63) is 28.5 Å². The second-order valence-electron chi connectivity index (χ2n) is 4.56. The third-order valence-corrected chi connectivity index (χ3v) is 4.73. The van der Waals surface area contributed by atoms with Gasteiger partial charge in [-0.1, -0.05) is 15.9 Å². The zero-order valence-electron chi connectivity index (χ0n) is 11.4. The molecule has 0 bridgehead atoms. The van der Waals surface area contributed by atoms with E-state index in [0.29, 0.717) is 4.47 Å². The van der Waals surface area contributed by atoms with Crippen LogP contribution in [-0.4, -0.2) is 38.3 Å². The van der Waals surface area contributed by atoms with Crippen molar-refractivity contribution in [1.29, 1.82) is 0 Å². The van der Waals surface area contributed by atoms with Crippen LogP contribution in [0.1, 0.15) is 13.8 Å². The molecule has 0 saturated heterocycles. The molecule has 112 valence electrons. The molecule has 1 rings (SSSR count). The van der Waals surface area contributed by atoms with Crippen LogP contribution in [0.25, 0.3) is 0 Å². The molecule has 0 unspecified atom stereocenters. The Morgan fingerprint density at radius 1 is 1.45 bits per heavy atom. The summed E-state index contributed by atoms with van der Waals surface area (Å²) in [6, 6.07) is 3.56. The van der Waals surface area contributed by atoms with Crippen LogP contribution >= 0.6 is 15.9 Å². The van der Waals surface area contributed by atoms with E-state index in [4.69, 9.17) is 0 Å². The van der Waals surface area contributed by atoms with Crippen molar-refractivity contribution in [1.82, 2.24) is 9.62 Å². The van der Waals surface area contributed by atoms with Gasteiger partial charge in [0.25, 0.3) is 0 Å². The normalized spacial score (nSPS) is 11.9. The Morgan fingerprint density at radius 2 is 2.05 bits per heavy atom. The molecular formula is C12H16BrFN2O3S. The number of benzene rings is 1. The van der Waals surface area contributed by atoms with Crippen LogP contribution in [0.5, 0.6) is 0 Å². The lowest BCUT2D eigenvalue weighted by atomic mass is 10.3. The number of amides is 1. The van der Waals surface area contributed by atoms with Gasteiger partial charge in [0.05, 0.1) is 6.54 Å². The molecule has 1 N–H and O–H groups in total. The third kappa shape index (κ3) is 4.26. The van der Waals surface area contributed by atoms with Crippen LogP contribution in [0.2, 0.25) is 0 Å². The van der Waals surface area contributed by atoms with E-state index >= 15 is 0 Å². The summed E-state index contributed by atoms with van der Waals surface area (Å²) in [7, 11) is -2.81.